The van der Waals surface area contributed by atoms with Gasteiger partial charge in [0, 0.05) is 0 Å². The Morgan fingerprint density at radius 1 is 1.20 bits per heavy atom. The zero-order valence-corrected chi connectivity index (χ0v) is 9.33. The summed E-state index contributed by atoms with van der Waals surface area (Å²) in [6.07, 6.45) is 3.49. The van der Waals surface area contributed by atoms with E-state index in [0.29, 0.717) is 13.2 Å². The molecule has 0 aromatic rings. The van der Waals surface area contributed by atoms with Crippen molar-refractivity contribution in [2.45, 2.75) is 32.6 Å². The molecule has 0 bridgehead atoms. The Hall–Kier alpha value is -0.900. The van der Waals surface area contributed by atoms with Gasteiger partial charge in [-0.1, -0.05) is 6.42 Å². The number of carbonyl (C=O) groups is 2. The highest BCUT2D eigenvalue weighted by atomic mass is 16.5. The molecule has 0 aromatic carbocycles. The Balaban J connectivity index is 2.19. The van der Waals surface area contributed by atoms with Crippen molar-refractivity contribution in [3.63, 3.8) is 0 Å². The lowest BCUT2D eigenvalue weighted by Crippen LogP contribution is -2.35. The SMILES string of the molecule is CCOC(=O)CC(=O)CN1CCCCC1. The summed E-state index contributed by atoms with van der Waals surface area (Å²) in [7, 11) is 0. The maximum Gasteiger partial charge on any atom is 0.313 e. The third-order valence-corrected chi connectivity index (χ3v) is 2.50. The maximum absolute atomic E-state index is 11.5. The average Bonchev–Trinajstić information content (AvgIpc) is 2.19. The molecule has 1 saturated heterocycles. The van der Waals surface area contributed by atoms with E-state index in [1.807, 2.05) is 0 Å². The summed E-state index contributed by atoms with van der Waals surface area (Å²) in [5, 5.41) is 0. The van der Waals surface area contributed by atoms with Crippen molar-refractivity contribution in [3.05, 3.63) is 0 Å². The van der Waals surface area contributed by atoms with E-state index in [9.17, 15) is 9.59 Å². The van der Waals surface area contributed by atoms with Crippen molar-refractivity contribution in [1.29, 1.82) is 0 Å². The zero-order valence-electron chi connectivity index (χ0n) is 9.33. The van der Waals surface area contributed by atoms with Crippen LogP contribution in [0.25, 0.3) is 0 Å². The van der Waals surface area contributed by atoms with Crippen molar-refractivity contribution in [2.24, 2.45) is 0 Å². The predicted molar refractivity (Wildman–Crippen MR) is 56.5 cm³/mol. The summed E-state index contributed by atoms with van der Waals surface area (Å²) in [5.41, 5.74) is 0. The van der Waals surface area contributed by atoms with Gasteiger partial charge in [-0.2, -0.15) is 0 Å². The number of ketones is 1. The molecule has 0 aromatic heterocycles. The number of rotatable bonds is 5. The third kappa shape index (κ3) is 4.93. The van der Waals surface area contributed by atoms with E-state index in [-0.39, 0.29) is 12.2 Å². The molecular weight excluding hydrogens is 194 g/mol. The Morgan fingerprint density at radius 3 is 2.47 bits per heavy atom. The quantitative estimate of drug-likeness (QED) is 0.505. The summed E-state index contributed by atoms with van der Waals surface area (Å²) in [6, 6.07) is 0. The molecule has 1 fully saturated rings. The van der Waals surface area contributed by atoms with E-state index in [2.05, 4.69) is 4.90 Å². The zero-order chi connectivity index (χ0) is 11.1. The molecule has 0 unspecified atom stereocenters. The summed E-state index contributed by atoms with van der Waals surface area (Å²) in [4.78, 5) is 24.6. The Kier molecular flexibility index (Phi) is 5.32. The molecule has 4 nitrogen and oxygen atoms in total. The lowest BCUT2D eigenvalue weighted by Gasteiger charge is -2.25. The largest absolute Gasteiger partial charge is 0.466 e. The smallest absolute Gasteiger partial charge is 0.313 e. The lowest BCUT2D eigenvalue weighted by atomic mass is 10.1. The van der Waals surface area contributed by atoms with Crippen LogP contribution in [-0.4, -0.2) is 42.9 Å². The monoisotopic (exact) mass is 213 g/mol. The number of ether oxygens (including phenoxy) is 1. The van der Waals surface area contributed by atoms with Crippen molar-refractivity contribution in [2.75, 3.05) is 26.2 Å². The molecule has 1 heterocycles. The summed E-state index contributed by atoms with van der Waals surface area (Å²) < 4.78 is 4.72. The van der Waals surface area contributed by atoms with Gasteiger partial charge in [0.15, 0.2) is 5.78 Å². The second-order valence-electron chi connectivity index (χ2n) is 3.86. The van der Waals surface area contributed by atoms with Crippen LogP contribution in [0.2, 0.25) is 0 Å². The van der Waals surface area contributed by atoms with E-state index >= 15 is 0 Å². The Morgan fingerprint density at radius 2 is 1.87 bits per heavy atom. The summed E-state index contributed by atoms with van der Waals surface area (Å²) >= 11 is 0. The molecule has 86 valence electrons. The number of hydrogen-bond acceptors (Lipinski definition) is 4. The molecular formula is C11H19NO3. The Bertz CT molecular complexity index is 222. The number of likely N-dealkylation sites (tertiary alicyclic amines) is 1. The first-order valence-electron chi connectivity index (χ1n) is 5.62. The van der Waals surface area contributed by atoms with Crippen LogP contribution in [0.4, 0.5) is 0 Å². The molecule has 0 radical (unpaired) electrons. The van der Waals surface area contributed by atoms with Crippen LogP contribution >= 0.6 is 0 Å². The van der Waals surface area contributed by atoms with Crippen LogP contribution in [0.3, 0.4) is 0 Å². The number of hydrogen-bond donors (Lipinski definition) is 0. The van der Waals surface area contributed by atoms with E-state index in [4.69, 9.17) is 4.74 Å². The van der Waals surface area contributed by atoms with Crippen LogP contribution in [0, 0.1) is 0 Å². The fourth-order valence-electron chi connectivity index (χ4n) is 1.80. The lowest BCUT2D eigenvalue weighted by molar-refractivity contribution is -0.145. The molecule has 0 aliphatic carbocycles. The van der Waals surface area contributed by atoms with Crippen LogP contribution in [0.1, 0.15) is 32.6 Å². The first kappa shape index (κ1) is 12.2. The van der Waals surface area contributed by atoms with Gasteiger partial charge in [-0.05, 0) is 32.9 Å². The molecule has 1 rings (SSSR count). The molecule has 0 saturated carbocycles. The molecule has 15 heavy (non-hydrogen) atoms. The van der Waals surface area contributed by atoms with Gasteiger partial charge in [-0.15, -0.1) is 0 Å². The highest BCUT2D eigenvalue weighted by Crippen LogP contribution is 2.08. The van der Waals surface area contributed by atoms with Crippen LogP contribution in [0.15, 0.2) is 0 Å². The second-order valence-corrected chi connectivity index (χ2v) is 3.86. The van der Waals surface area contributed by atoms with Gasteiger partial charge < -0.3 is 4.74 Å². The van der Waals surface area contributed by atoms with Gasteiger partial charge in [0.1, 0.15) is 6.42 Å². The topological polar surface area (TPSA) is 46.6 Å². The highest BCUT2D eigenvalue weighted by molar-refractivity contribution is 5.96. The maximum atomic E-state index is 11.5. The van der Waals surface area contributed by atoms with Gasteiger partial charge in [0.25, 0.3) is 0 Å². The van der Waals surface area contributed by atoms with Crippen LogP contribution in [0.5, 0.6) is 0 Å². The highest BCUT2D eigenvalue weighted by Gasteiger charge is 2.16. The van der Waals surface area contributed by atoms with Crippen molar-refractivity contribution in [3.8, 4) is 0 Å². The molecule has 0 atom stereocenters. The van der Waals surface area contributed by atoms with Crippen molar-refractivity contribution < 1.29 is 14.3 Å². The first-order chi connectivity index (χ1) is 7.22. The molecule has 1 aliphatic rings. The van der Waals surface area contributed by atoms with Gasteiger partial charge >= 0.3 is 5.97 Å². The van der Waals surface area contributed by atoms with Crippen LogP contribution in [-0.2, 0) is 14.3 Å². The average molecular weight is 213 g/mol. The number of carbonyl (C=O) groups excluding carboxylic acids is 2. The second kappa shape index (κ2) is 6.56. The fourth-order valence-corrected chi connectivity index (χ4v) is 1.80. The van der Waals surface area contributed by atoms with Gasteiger partial charge in [-0.3, -0.25) is 14.5 Å². The number of esters is 1. The Labute approximate surface area is 90.6 Å². The van der Waals surface area contributed by atoms with E-state index < -0.39 is 5.97 Å². The number of Topliss-reactive ketones (excluding diaryl/α,β-unsaturated/α-hetero) is 1. The number of piperidine rings is 1. The van der Waals surface area contributed by atoms with E-state index in [0.717, 1.165) is 25.9 Å². The first-order valence-corrected chi connectivity index (χ1v) is 5.62. The van der Waals surface area contributed by atoms with E-state index in [1.165, 1.54) is 6.42 Å². The fraction of sp³-hybridized carbons (Fsp3) is 0.818. The third-order valence-electron chi connectivity index (χ3n) is 2.50. The normalized spacial score (nSPS) is 17.4. The standard InChI is InChI=1S/C11H19NO3/c1-2-15-11(14)8-10(13)9-12-6-4-3-5-7-12/h2-9H2,1H3. The molecule has 0 N–H and O–H groups in total. The predicted octanol–water partition coefficient (Wildman–Crippen LogP) is 0.995. The molecule has 4 heteroatoms. The van der Waals surface area contributed by atoms with Crippen LogP contribution < -0.4 is 0 Å². The van der Waals surface area contributed by atoms with Gasteiger partial charge in [0.2, 0.25) is 0 Å². The van der Waals surface area contributed by atoms with Crippen molar-refractivity contribution in [1.82, 2.24) is 4.90 Å². The molecule has 0 spiro atoms. The van der Waals surface area contributed by atoms with Gasteiger partial charge in [-0.25, -0.2) is 0 Å². The summed E-state index contributed by atoms with van der Waals surface area (Å²) in [6.45, 7) is 4.45. The van der Waals surface area contributed by atoms with Gasteiger partial charge in [0.05, 0.1) is 13.2 Å². The molecule has 0 amide bonds. The summed E-state index contributed by atoms with van der Waals surface area (Å²) in [5.74, 6) is -0.435. The minimum Gasteiger partial charge on any atom is -0.466 e. The molecule has 1 aliphatic heterocycles. The minimum atomic E-state index is -0.403. The minimum absolute atomic E-state index is 0.0321. The van der Waals surface area contributed by atoms with E-state index in [1.54, 1.807) is 6.92 Å². The number of nitrogens with zero attached hydrogens (tertiary/aromatic N) is 1. The van der Waals surface area contributed by atoms with Crippen molar-refractivity contribution >= 4 is 11.8 Å².